The number of hydrogen-bond donors (Lipinski definition) is 1. The normalized spacial score (nSPS) is 16.9. The van der Waals surface area contributed by atoms with Gasteiger partial charge in [-0.3, -0.25) is 9.69 Å². The minimum atomic E-state index is 0.221. The van der Waals surface area contributed by atoms with Crippen molar-refractivity contribution in [2.24, 2.45) is 5.73 Å². The molecule has 0 atom stereocenters. The van der Waals surface area contributed by atoms with Crippen LogP contribution in [0.25, 0.3) is 0 Å². The highest BCUT2D eigenvalue weighted by Crippen LogP contribution is 2.08. The van der Waals surface area contributed by atoms with E-state index in [1.165, 1.54) is 5.56 Å². The van der Waals surface area contributed by atoms with Gasteiger partial charge >= 0.3 is 0 Å². The molecule has 0 unspecified atom stereocenters. The molecule has 0 radical (unpaired) electrons. The van der Waals surface area contributed by atoms with Gasteiger partial charge in [-0.25, -0.2) is 0 Å². The van der Waals surface area contributed by atoms with Crippen molar-refractivity contribution in [2.75, 3.05) is 33.2 Å². The van der Waals surface area contributed by atoms with E-state index in [2.05, 4.69) is 29.2 Å². The van der Waals surface area contributed by atoms with Crippen molar-refractivity contribution >= 4 is 5.91 Å². The van der Waals surface area contributed by atoms with E-state index < -0.39 is 0 Å². The maximum atomic E-state index is 12.2. The first-order valence-corrected chi connectivity index (χ1v) is 7.91. The van der Waals surface area contributed by atoms with Gasteiger partial charge in [-0.2, -0.15) is 0 Å². The summed E-state index contributed by atoms with van der Waals surface area (Å²) in [5.41, 5.74) is 7.22. The number of carbonyl (C=O) groups excluding carboxylic acids is 1. The number of aryl methyl sites for hydroxylation is 1. The molecule has 2 N–H and O–H groups in total. The van der Waals surface area contributed by atoms with Crippen LogP contribution in [-0.2, 0) is 11.2 Å². The summed E-state index contributed by atoms with van der Waals surface area (Å²) < 4.78 is 0. The van der Waals surface area contributed by atoms with Crippen LogP contribution in [0.2, 0.25) is 0 Å². The Bertz CT molecular complexity index is 427. The van der Waals surface area contributed by atoms with Gasteiger partial charge in [0.1, 0.15) is 0 Å². The molecule has 4 heteroatoms. The van der Waals surface area contributed by atoms with E-state index in [9.17, 15) is 4.79 Å². The van der Waals surface area contributed by atoms with Gasteiger partial charge in [0, 0.05) is 32.7 Å². The third kappa shape index (κ3) is 5.48. The maximum absolute atomic E-state index is 12.2. The largest absolute Gasteiger partial charge is 0.345 e. The maximum Gasteiger partial charge on any atom is 0.236 e. The smallest absolute Gasteiger partial charge is 0.236 e. The predicted octanol–water partition coefficient (Wildman–Crippen LogP) is 1.50. The highest BCUT2D eigenvalue weighted by atomic mass is 16.2. The van der Waals surface area contributed by atoms with Gasteiger partial charge in [-0.15, -0.1) is 0 Å². The van der Waals surface area contributed by atoms with Gasteiger partial charge in [-0.05, 0) is 31.2 Å². The van der Waals surface area contributed by atoms with Crippen LogP contribution in [0.4, 0.5) is 0 Å². The number of carbonyl (C=O) groups is 1. The molecule has 1 aromatic carbocycles. The molecule has 2 rings (SSSR count). The minimum absolute atomic E-state index is 0.221. The summed E-state index contributed by atoms with van der Waals surface area (Å²) in [5, 5.41) is 0. The Labute approximate surface area is 127 Å². The summed E-state index contributed by atoms with van der Waals surface area (Å²) in [5.74, 6) is 0.221. The quantitative estimate of drug-likeness (QED) is 0.863. The number of rotatable bonds is 6. The van der Waals surface area contributed by atoms with Crippen molar-refractivity contribution in [3.8, 4) is 0 Å². The van der Waals surface area contributed by atoms with E-state index in [4.69, 9.17) is 5.73 Å². The second-order valence-electron chi connectivity index (χ2n) is 6.02. The first kappa shape index (κ1) is 16.0. The lowest BCUT2D eigenvalue weighted by Gasteiger charge is -2.30. The molecule has 0 aromatic heterocycles. The summed E-state index contributed by atoms with van der Waals surface area (Å²) in [6.07, 6.45) is 4.05. The van der Waals surface area contributed by atoms with Crippen LogP contribution < -0.4 is 5.73 Å². The molecule has 1 saturated heterocycles. The Hall–Kier alpha value is -1.39. The highest BCUT2D eigenvalue weighted by molar-refractivity contribution is 5.77. The van der Waals surface area contributed by atoms with Crippen molar-refractivity contribution in [2.45, 2.75) is 31.7 Å². The Morgan fingerprint density at radius 3 is 2.62 bits per heavy atom. The third-order valence-corrected chi connectivity index (χ3v) is 4.22. The van der Waals surface area contributed by atoms with Crippen LogP contribution in [0, 0.1) is 0 Å². The van der Waals surface area contributed by atoms with Crippen molar-refractivity contribution < 1.29 is 4.79 Å². The first-order valence-electron chi connectivity index (χ1n) is 7.91. The molecule has 1 amide bonds. The molecular formula is C17H27N3O. The molecule has 1 heterocycles. The lowest BCUT2D eigenvalue weighted by atomic mass is 10.1. The van der Waals surface area contributed by atoms with Crippen LogP contribution in [0.3, 0.4) is 0 Å². The Kier molecular flexibility index (Phi) is 6.21. The van der Waals surface area contributed by atoms with Gasteiger partial charge < -0.3 is 10.6 Å². The van der Waals surface area contributed by atoms with E-state index >= 15 is 0 Å². The fourth-order valence-corrected chi connectivity index (χ4v) is 2.71. The van der Waals surface area contributed by atoms with Crippen molar-refractivity contribution in [1.82, 2.24) is 9.80 Å². The van der Waals surface area contributed by atoms with Crippen molar-refractivity contribution in [3.63, 3.8) is 0 Å². The Balaban J connectivity index is 1.65. The summed E-state index contributed by atoms with van der Waals surface area (Å²) in [7, 11) is 1.91. The topological polar surface area (TPSA) is 49.6 Å². The number of likely N-dealkylation sites (N-methyl/N-ethyl adjacent to an activating group) is 1. The van der Waals surface area contributed by atoms with E-state index in [-0.39, 0.29) is 5.91 Å². The Morgan fingerprint density at radius 1 is 1.29 bits per heavy atom. The molecule has 1 fully saturated rings. The zero-order valence-electron chi connectivity index (χ0n) is 13.0. The molecule has 21 heavy (non-hydrogen) atoms. The number of piperidine rings is 1. The number of hydrogen-bond acceptors (Lipinski definition) is 3. The fraction of sp³-hybridized carbons (Fsp3) is 0.588. The highest BCUT2D eigenvalue weighted by Gasteiger charge is 2.19. The van der Waals surface area contributed by atoms with Crippen LogP contribution in [0.5, 0.6) is 0 Å². The molecule has 0 bridgehead atoms. The minimum Gasteiger partial charge on any atom is -0.345 e. The molecule has 0 spiro atoms. The summed E-state index contributed by atoms with van der Waals surface area (Å²) in [4.78, 5) is 16.3. The summed E-state index contributed by atoms with van der Waals surface area (Å²) in [6, 6.07) is 10.7. The van der Waals surface area contributed by atoms with Crippen LogP contribution in [0.15, 0.2) is 30.3 Å². The molecule has 0 saturated carbocycles. The number of amides is 1. The molecule has 0 aliphatic carbocycles. The molecule has 1 aliphatic rings. The molecule has 4 nitrogen and oxygen atoms in total. The van der Waals surface area contributed by atoms with Crippen molar-refractivity contribution in [3.05, 3.63) is 35.9 Å². The van der Waals surface area contributed by atoms with Gasteiger partial charge in [0.2, 0.25) is 5.91 Å². The Morgan fingerprint density at radius 2 is 1.95 bits per heavy atom. The van der Waals surface area contributed by atoms with E-state index in [0.29, 0.717) is 12.6 Å². The first-order chi connectivity index (χ1) is 10.1. The number of likely N-dealkylation sites (tertiary alicyclic amines) is 1. The predicted molar refractivity (Wildman–Crippen MR) is 86.0 cm³/mol. The van der Waals surface area contributed by atoms with Crippen LogP contribution in [0.1, 0.15) is 24.8 Å². The SMILES string of the molecule is CN(CCCc1ccccc1)C(=O)CN1CCC(N)CC1. The van der Waals surface area contributed by atoms with Gasteiger partial charge in [0.15, 0.2) is 0 Å². The number of nitrogens with two attached hydrogens (primary N) is 1. The zero-order chi connectivity index (χ0) is 15.1. The molecule has 1 aliphatic heterocycles. The summed E-state index contributed by atoms with van der Waals surface area (Å²) >= 11 is 0. The number of benzene rings is 1. The van der Waals surface area contributed by atoms with Gasteiger partial charge in [0.05, 0.1) is 6.54 Å². The van der Waals surface area contributed by atoms with E-state index in [1.807, 2.05) is 18.0 Å². The van der Waals surface area contributed by atoms with E-state index in [0.717, 1.165) is 45.3 Å². The molecule has 1 aromatic rings. The molecular weight excluding hydrogens is 262 g/mol. The van der Waals surface area contributed by atoms with Crippen molar-refractivity contribution in [1.29, 1.82) is 0 Å². The van der Waals surface area contributed by atoms with Crippen LogP contribution >= 0.6 is 0 Å². The van der Waals surface area contributed by atoms with E-state index in [1.54, 1.807) is 0 Å². The lowest BCUT2D eigenvalue weighted by molar-refractivity contribution is -0.131. The average Bonchev–Trinajstić information content (AvgIpc) is 2.50. The lowest BCUT2D eigenvalue weighted by Crippen LogP contribution is -2.45. The monoisotopic (exact) mass is 289 g/mol. The second kappa shape index (κ2) is 8.15. The standard InChI is InChI=1S/C17H27N3O/c1-19(11-5-8-15-6-3-2-4-7-15)17(21)14-20-12-9-16(18)10-13-20/h2-4,6-7,16H,5,8-14,18H2,1H3. The molecule has 116 valence electrons. The third-order valence-electron chi connectivity index (χ3n) is 4.22. The average molecular weight is 289 g/mol. The van der Waals surface area contributed by atoms with Crippen LogP contribution in [-0.4, -0.2) is 55.0 Å². The summed E-state index contributed by atoms with van der Waals surface area (Å²) in [6.45, 7) is 3.26. The van der Waals surface area contributed by atoms with Gasteiger partial charge in [0.25, 0.3) is 0 Å². The zero-order valence-corrected chi connectivity index (χ0v) is 13.0. The van der Waals surface area contributed by atoms with Gasteiger partial charge in [-0.1, -0.05) is 30.3 Å². The number of nitrogens with zero attached hydrogens (tertiary/aromatic N) is 2. The second-order valence-corrected chi connectivity index (χ2v) is 6.02. The fourth-order valence-electron chi connectivity index (χ4n) is 2.71.